The number of amides is 1. The average molecular weight is 298 g/mol. The molecule has 0 heterocycles. The number of guanidine groups is 1. The standard InChI is InChI=1S/C15H30N4O2/c1-12(2)6-10-21-11-9-19-15(16-3)18-8-7-17-14(20)13-4-5-13/h12-13H,4-11H2,1-3H3,(H,17,20)(H2,16,18,19). The van der Waals surface area contributed by atoms with Crippen molar-refractivity contribution in [3.05, 3.63) is 0 Å². The number of hydrogen-bond donors (Lipinski definition) is 3. The summed E-state index contributed by atoms with van der Waals surface area (Å²) in [5.41, 5.74) is 0. The van der Waals surface area contributed by atoms with E-state index in [1.54, 1.807) is 7.05 Å². The Hall–Kier alpha value is -1.30. The first-order valence-corrected chi connectivity index (χ1v) is 7.93. The van der Waals surface area contributed by atoms with E-state index in [0.717, 1.165) is 38.4 Å². The van der Waals surface area contributed by atoms with Gasteiger partial charge in [0, 0.05) is 39.2 Å². The highest BCUT2D eigenvalue weighted by molar-refractivity contribution is 5.81. The molecule has 0 aliphatic heterocycles. The van der Waals surface area contributed by atoms with Crippen LogP contribution >= 0.6 is 0 Å². The SMILES string of the molecule is CN=C(NCCNC(=O)C1CC1)NCCOCCC(C)C. The molecule has 0 spiro atoms. The Kier molecular flexibility index (Phi) is 8.82. The topological polar surface area (TPSA) is 74.8 Å². The van der Waals surface area contributed by atoms with Gasteiger partial charge in [0.15, 0.2) is 5.96 Å². The molecule has 0 aromatic heterocycles. The maximum atomic E-state index is 11.4. The number of ether oxygens (including phenoxy) is 1. The first-order chi connectivity index (χ1) is 10.1. The highest BCUT2D eigenvalue weighted by Crippen LogP contribution is 2.28. The molecule has 1 fully saturated rings. The molecule has 1 aliphatic carbocycles. The van der Waals surface area contributed by atoms with Crippen molar-refractivity contribution in [1.29, 1.82) is 0 Å². The van der Waals surface area contributed by atoms with Gasteiger partial charge in [0.2, 0.25) is 5.91 Å². The molecule has 0 unspecified atom stereocenters. The lowest BCUT2D eigenvalue weighted by Gasteiger charge is -2.12. The molecule has 1 amide bonds. The van der Waals surface area contributed by atoms with Crippen molar-refractivity contribution in [2.24, 2.45) is 16.8 Å². The zero-order valence-electron chi connectivity index (χ0n) is 13.6. The molecule has 1 rings (SSSR count). The summed E-state index contributed by atoms with van der Waals surface area (Å²) in [6.45, 7) is 7.88. The third-order valence-corrected chi connectivity index (χ3v) is 3.27. The summed E-state index contributed by atoms with van der Waals surface area (Å²) in [5, 5.41) is 9.25. The molecule has 0 atom stereocenters. The van der Waals surface area contributed by atoms with Crippen LogP contribution in [0.15, 0.2) is 4.99 Å². The zero-order valence-corrected chi connectivity index (χ0v) is 13.6. The summed E-state index contributed by atoms with van der Waals surface area (Å²) < 4.78 is 5.53. The second kappa shape index (κ2) is 10.4. The smallest absolute Gasteiger partial charge is 0.223 e. The molecule has 6 heteroatoms. The van der Waals surface area contributed by atoms with Crippen LogP contribution in [0.5, 0.6) is 0 Å². The molecule has 0 aromatic rings. The fourth-order valence-corrected chi connectivity index (χ4v) is 1.74. The van der Waals surface area contributed by atoms with Gasteiger partial charge in [-0.25, -0.2) is 0 Å². The first kappa shape index (κ1) is 17.8. The lowest BCUT2D eigenvalue weighted by molar-refractivity contribution is -0.122. The molecule has 3 N–H and O–H groups in total. The van der Waals surface area contributed by atoms with Crippen LogP contribution in [0.25, 0.3) is 0 Å². The van der Waals surface area contributed by atoms with Crippen LogP contribution in [0.1, 0.15) is 33.1 Å². The Morgan fingerprint density at radius 1 is 1.14 bits per heavy atom. The van der Waals surface area contributed by atoms with Crippen molar-refractivity contribution in [3.63, 3.8) is 0 Å². The van der Waals surface area contributed by atoms with Gasteiger partial charge in [-0.15, -0.1) is 0 Å². The van der Waals surface area contributed by atoms with Gasteiger partial charge in [-0.05, 0) is 25.2 Å². The van der Waals surface area contributed by atoms with Crippen LogP contribution in [-0.2, 0) is 9.53 Å². The Bertz CT molecular complexity index is 328. The maximum Gasteiger partial charge on any atom is 0.223 e. The molecule has 0 saturated heterocycles. The van der Waals surface area contributed by atoms with Gasteiger partial charge in [0.25, 0.3) is 0 Å². The van der Waals surface area contributed by atoms with E-state index in [4.69, 9.17) is 4.74 Å². The summed E-state index contributed by atoms with van der Waals surface area (Å²) in [6.07, 6.45) is 3.17. The highest BCUT2D eigenvalue weighted by Gasteiger charge is 2.28. The summed E-state index contributed by atoms with van der Waals surface area (Å²) in [4.78, 5) is 15.6. The fraction of sp³-hybridized carbons (Fsp3) is 0.867. The predicted octanol–water partition coefficient (Wildman–Crippen LogP) is 0.740. The third-order valence-electron chi connectivity index (χ3n) is 3.27. The van der Waals surface area contributed by atoms with Crippen LogP contribution in [0.3, 0.4) is 0 Å². The number of hydrogen-bond acceptors (Lipinski definition) is 3. The second-order valence-electron chi connectivity index (χ2n) is 5.79. The fourth-order valence-electron chi connectivity index (χ4n) is 1.74. The van der Waals surface area contributed by atoms with E-state index < -0.39 is 0 Å². The molecule has 0 bridgehead atoms. The summed E-state index contributed by atoms with van der Waals surface area (Å²) in [5.74, 6) is 1.87. The largest absolute Gasteiger partial charge is 0.380 e. The van der Waals surface area contributed by atoms with E-state index in [-0.39, 0.29) is 11.8 Å². The molecule has 1 saturated carbocycles. The van der Waals surface area contributed by atoms with Crippen LogP contribution in [0.2, 0.25) is 0 Å². The van der Waals surface area contributed by atoms with Crippen molar-refractivity contribution in [2.75, 3.05) is 39.9 Å². The minimum absolute atomic E-state index is 0.179. The highest BCUT2D eigenvalue weighted by atomic mass is 16.5. The van der Waals surface area contributed by atoms with E-state index in [1.807, 2.05) is 0 Å². The summed E-state index contributed by atoms with van der Waals surface area (Å²) >= 11 is 0. The van der Waals surface area contributed by atoms with E-state index in [1.165, 1.54) is 0 Å². The maximum absolute atomic E-state index is 11.4. The number of nitrogens with one attached hydrogen (secondary N) is 3. The normalized spacial score (nSPS) is 15.1. The van der Waals surface area contributed by atoms with Crippen LogP contribution in [0, 0.1) is 11.8 Å². The van der Waals surface area contributed by atoms with E-state index in [9.17, 15) is 4.79 Å². The molecule has 0 radical (unpaired) electrons. The molecule has 0 aromatic carbocycles. The Morgan fingerprint density at radius 3 is 2.43 bits per heavy atom. The monoisotopic (exact) mass is 298 g/mol. The van der Waals surface area contributed by atoms with Gasteiger partial charge in [-0.2, -0.15) is 0 Å². The number of carbonyl (C=O) groups is 1. The third kappa shape index (κ3) is 9.28. The number of rotatable bonds is 10. The molecular weight excluding hydrogens is 268 g/mol. The van der Waals surface area contributed by atoms with Crippen LogP contribution in [-0.4, -0.2) is 51.8 Å². The Balaban J connectivity index is 1.94. The van der Waals surface area contributed by atoms with Crippen LogP contribution in [0.4, 0.5) is 0 Å². The number of nitrogens with zero attached hydrogens (tertiary/aromatic N) is 1. The van der Waals surface area contributed by atoms with Gasteiger partial charge in [-0.1, -0.05) is 13.8 Å². The first-order valence-electron chi connectivity index (χ1n) is 7.93. The second-order valence-corrected chi connectivity index (χ2v) is 5.79. The van der Waals surface area contributed by atoms with Crippen molar-refractivity contribution in [3.8, 4) is 0 Å². The van der Waals surface area contributed by atoms with Crippen molar-refractivity contribution < 1.29 is 9.53 Å². The molecular formula is C15H30N4O2. The van der Waals surface area contributed by atoms with E-state index in [2.05, 4.69) is 34.8 Å². The molecule has 122 valence electrons. The minimum Gasteiger partial charge on any atom is -0.380 e. The van der Waals surface area contributed by atoms with Crippen molar-refractivity contribution in [2.45, 2.75) is 33.1 Å². The van der Waals surface area contributed by atoms with Gasteiger partial charge in [0.05, 0.1) is 6.61 Å². The summed E-state index contributed by atoms with van der Waals surface area (Å²) in [6, 6.07) is 0. The lowest BCUT2D eigenvalue weighted by atomic mass is 10.1. The Labute approximate surface area is 128 Å². The van der Waals surface area contributed by atoms with Gasteiger partial charge in [-0.3, -0.25) is 9.79 Å². The molecule has 21 heavy (non-hydrogen) atoms. The number of carbonyl (C=O) groups excluding carboxylic acids is 1. The van der Waals surface area contributed by atoms with E-state index in [0.29, 0.717) is 25.6 Å². The Morgan fingerprint density at radius 2 is 1.81 bits per heavy atom. The minimum atomic E-state index is 0.179. The van der Waals surface area contributed by atoms with Crippen LogP contribution < -0.4 is 16.0 Å². The quantitative estimate of drug-likeness (QED) is 0.316. The van der Waals surface area contributed by atoms with Gasteiger partial charge in [0.1, 0.15) is 0 Å². The van der Waals surface area contributed by atoms with Crippen molar-refractivity contribution in [1.82, 2.24) is 16.0 Å². The zero-order chi connectivity index (χ0) is 15.5. The lowest BCUT2D eigenvalue weighted by Crippen LogP contribution is -2.42. The van der Waals surface area contributed by atoms with Crippen molar-refractivity contribution >= 4 is 11.9 Å². The predicted molar refractivity (Wildman–Crippen MR) is 85.4 cm³/mol. The van der Waals surface area contributed by atoms with E-state index >= 15 is 0 Å². The average Bonchev–Trinajstić information content (AvgIpc) is 3.28. The molecule has 6 nitrogen and oxygen atoms in total. The molecule has 1 aliphatic rings. The van der Waals surface area contributed by atoms with Gasteiger partial charge < -0.3 is 20.7 Å². The number of aliphatic imine (C=N–C) groups is 1. The van der Waals surface area contributed by atoms with Gasteiger partial charge >= 0.3 is 0 Å². The summed E-state index contributed by atoms with van der Waals surface area (Å²) in [7, 11) is 1.73.